The Hall–Kier alpha value is -0.500. The molecule has 1 aromatic carbocycles. The molecule has 0 aliphatic rings. The molecule has 0 fully saturated rings. The van der Waals surface area contributed by atoms with Crippen molar-refractivity contribution in [3.63, 3.8) is 0 Å². The van der Waals surface area contributed by atoms with Crippen LogP contribution in [0.2, 0.25) is 5.02 Å². The summed E-state index contributed by atoms with van der Waals surface area (Å²) in [4.78, 5) is 1.02. The molecule has 1 heterocycles. The lowest BCUT2D eigenvalue weighted by Gasteiger charge is -2.12. The van der Waals surface area contributed by atoms with Crippen molar-refractivity contribution in [1.29, 1.82) is 0 Å². The van der Waals surface area contributed by atoms with Crippen molar-refractivity contribution in [3.05, 3.63) is 56.7 Å². The SMILES string of the molecule is CCC(C)c1ccc(C(Cl)c2sccc2Cl)cc1. The molecule has 0 saturated heterocycles. The van der Waals surface area contributed by atoms with E-state index in [1.807, 2.05) is 11.4 Å². The van der Waals surface area contributed by atoms with Gasteiger partial charge in [0.1, 0.15) is 0 Å². The van der Waals surface area contributed by atoms with E-state index in [2.05, 4.69) is 38.1 Å². The molecule has 0 spiro atoms. The van der Waals surface area contributed by atoms with Gasteiger partial charge in [0.2, 0.25) is 0 Å². The fourth-order valence-corrected chi connectivity index (χ4v) is 3.51. The Bertz CT molecular complexity index is 501. The summed E-state index contributed by atoms with van der Waals surface area (Å²) in [5.41, 5.74) is 2.47. The second kappa shape index (κ2) is 6.10. The normalized spacial score (nSPS) is 14.4. The van der Waals surface area contributed by atoms with Crippen LogP contribution in [0.5, 0.6) is 0 Å². The number of rotatable bonds is 4. The molecule has 3 heteroatoms. The summed E-state index contributed by atoms with van der Waals surface area (Å²) in [6, 6.07) is 10.4. The maximum absolute atomic E-state index is 6.47. The number of alkyl halides is 1. The van der Waals surface area contributed by atoms with Gasteiger partial charge >= 0.3 is 0 Å². The number of halogens is 2. The highest BCUT2D eigenvalue weighted by molar-refractivity contribution is 7.11. The number of hydrogen-bond acceptors (Lipinski definition) is 1. The maximum atomic E-state index is 6.47. The smallest absolute Gasteiger partial charge is 0.0942 e. The Morgan fingerprint density at radius 2 is 1.72 bits per heavy atom. The van der Waals surface area contributed by atoms with Crippen LogP contribution in [0.15, 0.2) is 35.7 Å². The molecule has 0 amide bonds. The fourth-order valence-electron chi connectivity index (χ4n) is 1.87. The van der Waals surface area contributed by atoms with Crippen LogP contribution in [0.25, 0.3) is 0 Å². The van der Waals surface area contributed by atoms with E-state index in [4.69, 9.17) is 23.2 Å². The molecule has 2 aromatic rings. The third-order valence-corrected chi connectivity index (χ3v) is 5.31. The highest BCUT2D eigenvalue weighted by Crippen LogP contribution is 2.37. The van der Waals surface area contributed by atoms with Gasteiger partial charge in [-0.3, -0.25) is 0 Å². The maximum Gasteiger partial charge on any atom is 0.0942 e. The van der Waals surface area contributed by atoms with Crippen molar-refractivity contribution in [2.24, 2.45) is 0 Å². The molecule has 0 saturated carbocycles. The summed E-state index contributed by atoms with van der Waals surface area (Å²) in [6.07, 6.45) is 1.15. The Labute approximate surface area is 123 Å². The van der Waals surface area contributed by atoms with Gasteiger partial charge in [-0.2, -0.15) is 0 Å². The first kappa shape index (κ1) is 13.9. The molecule has 0 radical (unpaired) electrons. The van der Waals surface area contributed by atoms with Crippen molar-refractivity contribution < 1.29 is 0 Å². The minimum atomic E-state index is -0.150. The minimum Gasteiger partial charge on any atom is -0.145 e. The number of thiophene rings is 1. The van der Waals surface area contributed by atoms with E-state index < -0.39 is 0 Å². The van der Waals surface area contributed by atoms with Crippen LogP contribution in [0.1, 0.15) is 47.6 Å². The molecule has 0 N–H and O–H groups in total. The molecule has 1 aromatic heterocycles. The van der Waals surface area contributed by atoms with Crippen LogP contribution >= 0.6 is 34.5 Å². The van der Waals surface area contributed by atoms with Gasteiger partial charge < -0.3 is 0 Å². The zero-order valence-electron chi connectivity index (χ0n) is 10.5. The van der Waals surface area contributed by atoms with Crippen LogP contribution in [0.3, 0.4) is 0 Å². The quantitative estimate of drug-likeness (QED) is 0.586. The predicted octanol–water partition coefficient (Wildman–Crippen LogP) is 6.24. The average Bonchev–Trinajstić information content (AvgIpc) is 2.83. The van der Waals surface area contributed by atoms with E-state index in [-0.39, 0.29) is 5.38 Å². The Balaban J connectivity index is 2.22. The molecule has 0 nitrogen and oxygen atoms in total. The van der Waals surface area contributed by atoms with Crippen LogP contribution in [0, 0.1) is 0 Å². The lowest BCUT2D eigenvalue weighted by molar-refractivity contribution is 0.733. The molecule has 96 valence electrons. The number of hydrogen-bond donors (Lipinski definition) is 0. The third-order valence-electron chi connectivity index (χ3n) is 3.29. The van der Waals surface area contributed by atoms with Crippen LogP contribution in [-0.2, 0) is 0 Å². The molecule has 2 unspecified atom stereocenters. The fraction of sp³-hybridized carbons (Fsp3) is 0.333. The Kier molecular flexibility index (Phi) is 4.71. The van der Waals surface area contributed by atoms with Gasteiger partial charge in [0.25, 0.3) is 0 Å². The van der Waals surface area contributed by atoms with Gasteiger partial charge in [0, 0.05) is 4.88 Å². The summed E-state index contributed by atoms with van der Waals surface area (Å²) < 4.78 is 0. The summed E-state index contributed by atoms with van der Waals surface area (Å²) in [6.45, 7) is 4.44. The zero-order valence-corrected chi connectivity index (χ0v) is 12.8. The molecule has 0 bridgehead atoms. The zero-order chi connectivity index (χ0) is 13.1. The predicted molar refractivity (Wildman–Crippen MR) is 82.2 cm³/mol. The topological polar surface area (TPSA) is 0 Å². The lowest BCUT2D eigenvalue weighted by Crippen LogP contribution is -1.94. The Morgan fingerprint density at radius 3 is 2.22 bits per heavy atom. The summed E-state index contributed by atoms with van der Waals surface area (Å²) in [7, 11) is 0. The molecule has 18 heavy (non-hydrogen) atoms. The van der Waals surface area contributed by atoms with Gasteiger partial charge in [-0.25, -0.2) is 0 Å². The van der Waals surface area contributed by atoms with Gasteiger partial charge in [-0.1, -0.05) is 49.7 Å². The largest absolute Gasteiger partial charge is 0.145 e. The first-order valence-corrected chi connectivity index (χ1v) is 7.79. The summed E-state index contributed by atoms with van der Waals surface area (Å²) >= 11 is 14.2. The van der Waals surface area contributed by atoms with E-state index >= 15 is 0 Å². The van der Waals surface area contributed by atoms with Crippen molar-refractivity contribution in [1.82, 2.24) is 0 Å². The molecule has 2 rings (SSSR count). The van der Waals surface area contributed by atoms with Crippen molar-refractivity contribution in [3.8, 4) is 0 Å². The highest BCUT2D eigenvalue weighted by atomic mass is 35.5. The molecule has 0 aliphatic carbocycles. The molecule has 0 aliphatic heterocycles. The second-order valence-corrected chi connectivity index (χ2v) is 6.26. The van der Waals surface area contributed by atoms with E-state index in [0.29, 0.717) is 5.92 Å². The monoisotopic (exact) mass is 298 g/mol. The molecular weight excluding hydrogens is 283 g/mol. The van der Waals surface area contributed by atoms with Crippen molar-refractivity contribution in [2.75, 3.05) is 0 Å². The van der Waals surface area contributed by atoms with Crippen molar-refractivity contribution >= 4 is 34.5 Å². The number of benzene rings is 1. The van der Waals surface area contributed by atoms with E-state index in [0.717, 1.165) is 21.9 Å². The summed E-state index contributed by atoms with van der Waals surface area (Å²) in [5, 5.41) is 2.58. The van der Waals surface area contributed by atoms with Crippen LogP contribution in [0.4, 0.5) is 0 Å². The van der Waals surface area contributed by atoms with E-state index in [9.17, 15) is 0 Å². The van der Waals surface area contributed by atoms with Gasteiger partial charge in [-0.15, -0.1) is 22.9 Å². The van der Waals surface area contributed by atoms with E-state index in [1.165, 1.54) is 5.56 Å². The van der Waals surface area contributed by atoms with Crippen LogP contribution in [-0.4, -0.2) is 0 Å². The molecular formula is C15H16Cl2S. The Morgan fingerprint density at radius 1 is 1.11 bits per heavy atom. The molecule has 2 atom stereocenters. The van der Waals surface area contributed by atoms with Gasteiger partial charge in [0.05, 0.1) is 10.4 Å². The minimum absolute atomic E-state index is 0.150. The first-order valence-electron chi connectivity index (χ1n) is 6.10. The van der Waals surface area contributed by atoms with Crippen LogP contribution < -0.4 is 0 Å². The standard InChI is InChI=1S/C15H16Cl2S/c1-3-10(2)11-4-6-12(7-5-11)14(17)15-13(16)8-9-18-15/h4-10,14H,3H2,1-2H3. The average molecular weight is 299 g/mol. The van der Waals surface area contributed by atoms with Crippen molar-refractivity contribution in [2.45, 2.75) is 31.6 Å². The van der Waals surface area contributed by atoms with Gasteiger partial charge in [0.15, 0.2) is 0 Å². The second-order valence-electron chi connectivity index (χ2n) is 4.47. The lowest BCUT2D eigenvalue weighted by atomic mass is 9.97. The first-order chi connectivity index (χ1) is 8.63. The van der Waals surface area contributed by atoms with Gasteiger partial charge in [-0.05, 0) is 34.9 Å². The summed E-state index contributed by atoms with van der Waals surface area (Å²) in [5.74, 6) is 0.596. The van der Waals surface area contributed by atoms with E-state index in [1.54, 1.807) is 11.3 Å². The third kappa shape index (κ3) is 2.90. The highest BCUT2D eigenvalue weighted by Gasteiger charge is 2.15.